The van der Waals surface area contributed by atoms with Crippen molar-refractivity contribution in [3.8, 4) is 5.75 Å². The van der Waals surface area contributed by atoms with Gasteiger partial charge >= 0.3 is 0 Å². The molecule has 5 heteroatoms. The van der Waals surface area contributed by atoms with Gasteiger partial charge in [0, 0.05) is 23.7 Å². The van der Waals surface area contributed by atoms with Crippen molar-refractivity contribution in [2.24, 2.45) is 10.9 Å². The summed E-state index contributed by atoms with van der Waals surface area (Å²) >= 11 is 5.95. The topological polar surface area (TPSA) is 45.7 Å². The molecule has 112 valence electrons. The van der Waals surface area contributed by atoms with E-state index < -0.39 is 0 Å². The molecule has 0 aliphatic carbocycles. The molecule has 0 saturated carbocycles. The number of nitrogens with one attached hydrogen (secondary N) is 2. The van der Waals surface area contributed by atoms with Gasteiger partial charge in [-0.3, -0.25) is 0 Å². The van der Waals surface area contributed by atoms with E-state index in [-0.39, 0.29) is 0 Å². The van der Waals surface area contributed by atoms with Gasteiger partial charge in [0.15, 0.2) is 5.96 Å². The van der Waals surface area contributed by atoms with Gasteiger partial charge in [0.1, 0.15) is 5.75 Å². The zero-order valence-corrected chi connectivity index (χ0v) is 13.4. The van der Waals surface area contributed by atoms with Crippen LogP contribution in [0.2, 0.25) is 5.02 Å². The predicted molar refractivity (Wildman–Crippen MR) is 85.7 cm³/mol. The molecule has 1 aromatic rings. The largest absolute Gasteiger partial charge is 0.496 e. The lowest BCUT2D eigenvalue weighted by molar-refractivity contribution is 0.410. The number of aliphatic imine (C=N–C) groups is 1. The van der Waals surface area contributed by atoms with Gasteiger partial charge in [-0.1, -0.05) is 31.5 Å². The van der Waals surface area contributed by atoms with Crippen molar-refractivity contribution in [1.29, 1.82) is 0 Å². The number of methoxy groups -OCH3 is 1. The van der Waals surface area contributed by atoms with Crippen molar-refractivity contribution in [1.82, 2.24) is 10.6 Å². The molecule has 1 rings (SSSR count). The molecule has 0 heterocycles. The fraction of sp³-hybridized carbons (Fsp3) is 0.533. The second-order valence-electron chi connectivity index (χ2n) is 4.93. The summed E-state index contributed by atoms with van der Waals surface area (Å²) in [7, 11) is 1.64. The van der Waals surface area contributed by atoms with Crippen LogP contribution in [0, 0.1) is 5.92 Å². The molecule has 0 amide bonds. The third-order valence-electron chi connectivity index (χ3n) is 2.68. The van der Waals surface area contributed by atoms with Gasteiger partial charge in [-0.2, -0.15) is 0 Å². The first-order chi connectivity index (χ1) is 9.56. The highest BCUT2D eigenvalue weighted by Gasteiger charge is 2.04. The lowest BCUT2D eigenvalue weighted by atomic mass is 10.2. The number of hydrogen-bond donors (Lipinski definition) is 2. The van der Waals surface area contributed by atoms with Gasteiger partial charge in [0.05, 0.1) is 13.7 Å². The number of hydrogen-bond acceptors (Lipinski definition) is 2. The van der Waals surface area contributed by atoms with Crippen LogP contribution in [0.5, 0.6) is 5.75 Å². The minimum absolute atomic E-state index is 0.549. The number of guanidine groups is 1. The molecule has 0 bridgehead atoms. The van der Waals surface area contributed by atoms with Crippen molar-refractivity contribution >= 4 is 17.6 Å². The molecular weight excluding hydrogens is 274 g/mol. The summed E-state index contributed by atoms with van der Waals surface area (Å²) in [5.41, 5.74) is 1.01. The summed E-state index contributed by atoms with van der Waals surface area (Å²) in [6.45, 7) is 8.66. The Labute approximate surface area is 126 Å². The Hall–Kier alpha value is -1.42. The molecule has 2 N–H and O–H groups in total. The van der Waals surface area contributed by atoms with E-state index >= 15 is 0 Å². The first-order valence-electron chi connectivity index (χ1n) is 6.91. The smallest absolute Gasteiger partial charge is 0.191 e. The van der Waals surface area contributed by atoms with Crippen LogP contribution in [0.3, 0.4) is 0 Å². The Morgan fingerprint density at radius 3 is 2.70 bits per heavy atom. The van der Waals surface area contributed by atoms with E-state index in [1.54, 1.807) is 13.2 Å². The fourth-order valence-corrected chi connectivity index (χ4v) is 1.82. The van der Waals surface area contributed by atoms with Gasteiger partial charge in [-0.25, -0.2) is 4.99 Å². The zero-order valence-electron chi connectivity index (χ0n) is 12.7. The number of ether oxygens (including phenoxy) is 1. The van der Waals surface area contributed by atoms with E-state index in [9.17, 15) is 0 Å². The predicted octanol–water partition coefficient (Wildman–Crippen LogP) is 3.06. The summed E-state index contributed by atoms with van der Waals surface area (Å²) in [4.78, 5) is 4.57. The molecule has 0 aliphatic heterocycles. The Balaban J connectivity index is 2.75. The second-order valence-corrected chi connectivity index (χ2v) is 5.36. The molecule has 0 radical (unpaired) electrons. The number of nitrogens with zero attached hydrogens (tertiary/aromatic N) is 1. The lowest BCUT2D eigenvalue weighted by Gasteiger charge is -2.13. The molecular formula is C15H24ClN3O. The van der Waals surface area contributed by atoms with Crippen LogP contribution in [0.25, 0.3) is 0 Å². The van der Waals surface area contributed by atoms with Crippen LogP contribution in [0.15, 0.2) is 23.2 Å². The summed E-state index contributed by atoms with van der Waals surface area (Å²) in [5, 5.41) is 7.21. The van der Waals surface area contributed by atoms with Crippen molar-refractivity contribution in [3.63, 3.8) is 0 Å². The molecule has 0 atom stereocenters. The molecule has 1 aromatic carbocycles. The van der Waals surface area contributed by atoms with Crippen molar-refractivity contribution in [3.05, 3.63) is 28.8 Å². The maximum atomic E-state index is 5.95. The quantitative estimate of drug-likeness (QED) is 0.626. The summed E-state index contributed by atoms with van der Waals surface area (Å²) in [6, 6.07) is 5.60. The Morgan fingerprint density at radius 1 is 1.35 bits per heavy atom. The summed E-state index contributed by atoms with van der Waals surface area (Å²) in [6.07, 6.45) is 0. The lowest BCUT2D eigenvalue weighted by Crippen LogP contribution is -2.39. The highest BCUT2D eigenvalue weighted by molar-refractivity contribution is 6.30. The minimum Gasteiger partial charge on any atom is -0.496 e. The Kier molecular flexibility index (Phi) is 7.23. The number of rotatable bonds is 6. The standard InChI is InChI=1S/C15H24ClN3O/c1-5-17-15(18-9-11(2)3)19-10-12-6-7-13(16)8-14(12)20-4/h6-8,11H,5,9-10H2,1-4H3,(H2,17,18,19). The van der Waals surface area contributed by atoms with E-state index in [1.165, 1.54) is 0 Å². The molecule has 4 nitrogen and oxygen atoms in total. The van der Waals surface area contributed by atoms with Gasteiger partial charge in [0.25, 0.3) is 0 Å². The van der Waals surface area contributed by atoms with Gasteiger partial charge in [-0.15, -0.1) is 0 Å². The highest BCUT2D eigenvalue weighted by atomic mass is 35.5. The fourth-order valence-electron chi connectivity index (χ4n) is 1.66. The highest BCUT2D eigenvalue weighted by Crippen LogP contribution is 2.23. The van der Waals surface area contributed by atoms with Crippen LogP contribution in [0.1, 0.15) is 26.3 Å². The Morgan fingerprint density at radius 2 is 2.10 bits per heavy atom. The second kappa shape index (κ2) is 8.69. The molecule has 0 fully saturated rings. The van der Waals surface area contributed by atoms with Crippen molar-refractivity contribution in [2.45, 2.75) is 27.3 Å². The van der Waals surface area contributed by atoms with Gasteiger partial charge in [0.2, 0.25) is 0 Å². The van der Waals surface area contributed by atoms with Crippen molar-refractivity contribution < 1.29 is 4.74 Å². The maximum absolute atomic E-state index is 5.95. The van der Waals surface area contributed by atoms with E-state index in [4.69, 9.17) is 16.3 Å². The van der Waals surface area contributed by atoms with E-state index in [2.05, 4.69) is 36.4 Å². The van der Waals surface area contributed by atoms with Crippen LogP contribution in [-0.2, 0) is 6.54 Å². The average molecular weight is 298 g/mol. The average Bonchev–Trinajstić information content (AvgIpc) is 2.42. The first kappa shape index (κ1) is 16.6. The van der Waals surface area contributed by atoms with E-state index in [1.807, 2.05) is 12.1 Å². The third kappa shape index (κ3) is 5.70. The number of halogens is 1. The van der Waals surface area contributed by atoms with Crippen LogP contribution in [0.4, 0.5) is 0 Å². The van der Waals surface area contributed by atoms with Crippen LogP contribution < -0.4 is 15.4 Å². The first-order valence-corrected chi connectivity index (χ1v) is 7.29. The van der Waals surface area contributed by atoms with E-state index in [0.717, 1.165) is 30.4 Å². The minimum atomic E-state index is 0.549. The molecule has 0 aliphatic rings. The molecule has 0 aromatic heterocycles. The van der Waals surface area contributed by atoms with Crippen LogP contribution in [-0.4, -0.2) is 26.2 Å². The monoisotopic (exact) mass is 297 g/mol. The summed E-state index contributed by atoms with van der Waals surface area (Å²) in [5.74, 6) is 2.16. The van der Waals surface area contributed by atoms with Gasteiger partial charge in [-0.05, 0) is 25.0 Å². The molecule has 20 heavy (non-hydrogen) atoms. The SMILES string of the molecule is CCNC(=NCc1ccc(Cl)cc1OC)NCC(C)C. The van der Waals surface area contributed by atoms with Crippen LogP contribution >= 0.6 is 11.6 Å². The van der Waals surface area contributed by atoms with E-state index in [0.29, 0.717) is 17.5 Å². The molecule has 0 unspecified atom stereocenters. The molecule has 0 spiro atoms. The third-order valence-corrected chi connectivity index (χ3v) is 2.91. The van der Waals surface area contributed by atoms with Crippen molar-refractivity contribution in [2.75, 3.05) is 20.2 Å². The Bertz CT molecular complexity index is 447. The zero-order chi connectivity index (χ0) is 15.0. The number of benzene rings is 1. The molecule has 0 saturated heterocycles. The summed E-state index contributed by atoms with van der Waals surface area (Å²) < 4.78 is 5.32. The normalized spacial score (nSPS) is 11.6. The van der Waals surface area contributed by atoms with Gasteiger partial charge < -0.3 is 15.4 Å². The maximum Gasteiger partial charge on any atom is 0.191 e.